The van der Waals surface area contributed by atoms with E-state index in [0.29, 0.717) is 26.3 Å². The molecule has 6 heteroatoms. The van der Waals surface area contributed by atoms with E-state index in [1.165, 1.54) is 5.56 Å². The quantitative estimate of drug-likeness (QED) is 0.408. The van der Waals surface area contributed by atoms with Gasteiger partial charge in [-0.3, -0.25) is 4.99 Å². The van der Waals surface area contributed by atoms with E-state index in [4.69, 9.17) is 14.2 Å². The number of aryl methyl sites for hydroxylation is 1. The number of methoxy groups -OCH3 is 2. The molecule has 0 spiro atoms. The minimum atomic E-state index is 0.608. The summed E-state index contributed by atoms with van der Waals surface area (Å²) in [4.78, 5) is 6.44. The second-order valence-electron chi connectivity index (χ2n) is 6.50. The van der Waals surface area contributed by atoms with E-state index < -0.39 is 0 Å². The van der Waals surface area contributed by atoms with Crippen molar-refractivity contribution in [3.63, 3.8) is 0 Å². The largest absolute Gasteiger partial charge is 0.493 e. The molecule has 2 aromatic carbocycles. The van der Waals surface area contributed by atoms with E-state index in [1.54, 1.807) is 21.3 Å². The van der Waals surface area contributed by atoms with Crippen LogP contribution in [0.25, 0.3) is 0 Å². The highest BCUT2D eigenvalue weighted by Crippen LogP contribution is 2.30. The first kappa shape index (κ1) is 21.6. The molecule has 28 heavy (non-hydrogen) atoms. The van der Waals surface area contributed by atoms with Gasteiger partial charge in [-0.2, -0.15) is 0 Å². The fourth-order valence-corrected chi connectivity index (χ4v) is 2.91. The van der Waals surface area contributed by atoms with Gasteiger partial charge in [0, 0.05) is 27.2 Å². The van der Waals surface area contributed by atoms with Crippen LogP contribution in [-0.4, -0.2) is 52.3 Å². The number of nitrogens with one attached hydrogen (secondary N) is 1. The van der Waals surface area contributed by atoms with Gasteiger partial charge in [0.15, 0.2) is 17.5 Å². The Balaban J connectivity index is 1.85. The van der Waals surface area contributed by atoms with Crippen molar-refractivity contribution in [3.05, 3.63) is 59.2 Å². The third-order valence-electron chi connectivity index (χ3n) is 4.46. The van der Waals surface area contributed by atoms with Gasteiger partial charge in [-0.25, -0.2) is 0 Å². The van der Waals surface area contributed by atoms with Gasteiger partial charge in [-0.1, -0.05) is 30.3 Å². The third-order valence-corrected chi connectivity index (χ3v) is 4.46. The molecule has 0 aliphatic rings. The van der Waals surface area contributed by atoms with Gasteiger partial charge < -0.3 is 24.4 Å². The normalized spacial score (nSPS) is 11.2. The number of ether oxygens (including phenoxy) is 3. The lowest BCUT2D eigenvalue weighted by molar-refractivity contribution is 0.125. The zero-order chi connectivity index (χ0) is 20.4. The van der Waals surface area contributed by atoms with Crippen LogP contribution in [0.3, 0.4) is 0 Å². The number of hydrogen-bond acceptors (Lipinski definition) is 4. The predicted molar refractivity (Wildman–Crippen MR) is 113 cm³/mol. The fourth-order valence-electron chi connectivity index (χ4n) is 2.91. The van der Waals surface area contributed by atoms with E-state index in [1.807, 2.05) is 37.4 Å². The van der Waals surface area contributed by atoms with E-state index >= 15 is 0 Å². The highest BCUT2D eigenvalue weighted by atomic mass is 16.5. The van der Waals surface area contributed by atoms with Gasteiger partial charge in [0.1, 0.15) is 0 Å². The molecule has 1 N–H and O–H groups in total. The summed E-state index contributed by atoms with van der Waals surface area (Å²) in [5.41, 5.74) is 3.47. The first-order valence-corrected chi connectivity index (χ1v) is 9.34. The van der Waals surface area contributed by atoms with Crippen LogP contribution in [0, 0.1) is 6.92 Å². The van der Waals surface area contributed by atoms with Crippen LogP contribution in [0.2, 0.25) is 0 Å². The number of guanidine groups is 1. The summed E-state index contributed by atoms with van der Waals surface area (Å²) < 4.78 is 16.5. The van der Waals surface area contributed by atoms with Gasteiger partial charge in [0.25, 0.3) is 0 Å². The number of aliphatic imine (C=N–C) groups is 1. The minimum absolute atomic E-state index is 0.608. The lowest BCUT2D eigenvalue weighted by Gasteiger charge is -2.23. The van der Waals surface area contributed by atoms with Crippen molar-refractivity contribution in [2.24, 2.45) is 4.99 Å². The van der Waals surface area contributed by atoms with Crippen LogP contribution in [0.1, 0.15) is 16.7 Å². The molecule has 0 fully saturated rings. The molecular formula is C22H31N3O3. The summed E-state index contributed by atoms with van der Waals surface area (Å²) in [6.45, 7) is 4.68. The second kappa shape index (κ2) is 11.2. The Bertz CT molecular complexity index is 763. The van der Waals surface area contributed by atoms with Crippen LogP contribution in [-0.2, 0) is 17.9 Å². The topological polar surface area (TPSA) is 55.3 Å². The molecule has 0 unspecified atom stereocenters. The first-order chi connectivity index (χ1) is 13.6. The van der Waals surface area contributed by atoms with Crippen LogP contribution in [0.5, 0.6) is 11.5 Å². The van der Waals surface area contributed by atoms with E-state index in [-0.39, 0.29) is 0 Å². The molecule has 6 nitrogen and oxygen atoms in total. The van der Waals surface area contributed by atoms with Gasteiger partial charge in [-0.05, 0) is 35.7 Å². The van der Waals surface area contributed by atoms with Crippen LogP contribution >= 0.6 is 0 Å². The molecule has 0 saturated heterocycles. The molecule has 152 valence electrons. The zero-order valence-electron chi connectivity index (χ0n) is 17.5. The minimum Gasteiger partial charge on any atom is -0.493 e. The molecule has 0 radical (unpaired) electrons. The maximum absolute atomic E-state index is 5.72. The number of benzene rings is 2. The van der Waals surface area contributed by atoms with Crippen molar-refractivity contribution >= 4 is 5.96 Å². The third kappa shape index (κ3) is 6.16. The highest BCUT2D eigenvalue weighted by Gasteiger charge is 2.12. The Kier molecular flexibility index (Phi) is 8.62. The second-order valence-corrected chi connectivity index (χ2v) is 6.50. The predicted octanol–water partition coefficient (Wildman–Crippen LogP) is 3.24. The van der Waals surface area contributed by atoms with Gasteiger partial charge in [-0.15, -0.1) is 0 Å². The maximum atomic E-state index is 5.72. The lowest BCUT2D eigenvalue weighted by atomic mass is 10.1. The van der Waals surface area contributed by atoms with Crippen molar-refractivity contribution in [1.82, 2.24) is 10.2 Å². The molecule has 0 aliphatic heterocycles. The van der Waals surface area contributed by atoms with Gasteiger partial charge in [0.2, 0.25) is 0 Å². The van der Waals surface area contributed by atoms with Crippen molar-refractivity contribution in [1.29, 1.82) is 0 Å². The highest BCUT2D eigenvalue weighted by molar-refractivity contribution is 5.79. The van der Waals surface area contributed by atoms with Crippen molar-refractivity contribution in [2.45, 2.75) is 20.1 Å². The Morgan fingerprint density at radius 1 is 1.07 bits per heavy atom. The number of nitrogens with zero attached hydrogens (tertiary/aromatic N) is 2. The molecule has 0 saturated carbocycles. The Labute approximate surface area is 168 Å². The molecule has 0 aromatic heterocycles. The average molecular weight is 386 g/mol. The standard InChI is InChI=1S/C22H31N3O3/c1-17-13-20(26-4)21(27-5)14-19(17)15-25(3)22(23-2)24-11-12-28-16-18-9-7-6-8-10-18/h6-10,13-14H,11-12,15-16H2,1-5H3,(H,23,24). The molecular weight excluding hydrogens is 354 g/mol. The van der Waals surface area contributed by atoms with E-state index in [0.717, 1.165) is 28.6 Å². The smallest absolute Gasteiger partial charge is 0.193 e. The maximum Gasteiger partial charge on any atom is 0.193 e. The molecule has 0 aliphatic carbocycles. The first-order valence-electron chi connectivity index (χ1n) is 9.34. The average Bonchev–Trinajstić information content (AvgIpc) is 2.72. The number of rotatable bonds is 9. The summed E-state index contributed by atoms with van der Waals surface area (Å²) >= 11 is 0. The van der Waals surface area contributed by atoms with E-state index in [9.17, 15) is 0 Å². The molecule has 2 rings (SSSR count). The van der Waals surface area contributed by atoms with Crippen LogP contribution in [0.15, 0.2) is 47.5 Å². The van der Waals surface area contributed by atoms with Gasteiger partial charge in [0.05, 0.1) is 27.4 Å². The fraction of sp³-hybridized carbons (Fsp3) is 0.409. The van der Waals surface area contributed by atoms with Crippen molar-refractivity contribution in [2.75, 3.05) is 41.5 Å². The lowest BCUT2D eigenvalue weighted by Crippen LogP contribution is -2.40. The van der Waals surface area contributed by atoms with Crippen molar-refractivity contribution in [3.8, 4) is 11.5 Å². The zero-order valence-corrected chi connectivity index (χ0v) is 17.5. The SMILES string of the molecule is CN=C(NCCOCc1ccccc1)N(C)Cc1cc(OC)c(OC)cc1C. The molecule has 0 atom stereocenters. The Hall–Kier alpha value is -2.73. The summed E-state index contributed by atoms with van der Waals surface area (Å²) in [5, 5.41) is 3.34. The molecule has 2 aromatic rings. The molecule has 0 heterocycles. The van der Waals surface area contributed by atoms with E-state index in [2.05, 4.69) is 34.3 Å². The van der Waals surface area contributed by atoms with Gasteiger partial charge >= 0.3 is 0 Å². The van der Waals surface area contributed by atoms with Crippen LogP contribution < -0.4 is 14.8 Å². The molecule has 0 amide bonds. The molecule has 0 bridgehead atoms. The summed E-state index contributed by atoms with van der Waals surface area (Å²) in [5.74, 6) is 2.29. The summed E-state index contributed by atoms with van der Waals surface area (Å²) in [6, 6.07) is 14.2. The Morgan fingerprint density at radius 2 is 1.75 bits per heavy atom. The summed E-state index contributed by atoms with van der Waals surface area (Å²) in [6.07, 6.45) is 0. The monoisotopic (exact) mass is 385 g/mol. The van der Waals surface area contributed by atoms with Crippen molar-refractivity contribution < 1.29 is 14.2 Å². The summed E-state index contributed by atoms with van der Waals surface area (Å²) in [7, 11) is 7.09. The van der Waals surface area contributed by atoms with Crippen LogP contribution in [0.4, 0.5) is 0 Å². The Morgan fingerprint density at radius 3 is 2.39 bits per heavy atom. The number of hydrogen-bond donors (Lipinski definition) is 1.